The van der Waals surface area contributed by atoms with Crippen molar-refractivity contribution in [2.75, 3.05) is 0 Å². The first kappa shape index (κ1) is 28.8. The molecule has 3 heterocycles. The summed E-state index contributed by atoms with van der Waals surface area (Å²) in [4.78, 5) is 0. The molecule has 3 aromatic heterocycles. The third kappa shape index (κ3) is 4.28. The van der Waals surface area contributed by atoms with E-state index in [1.807, 2.05) is 0 Å². The average molecular weight is 666 g/mol. The number of ether oxygens (including phenoxy) is 1. The average Bonchev–Trinajstić information content (AvgIpc) is 3.84. The summed E-state index contributed by atoms with van der Waals surface area (Å²) in [6.07, 6.45) is 0. The summed E-state index contributed by atoms with van der Waals surface area (Å²) in [5.74, 6) is 1.55. The Morgan fingerprint density at radius 1 is 0.250 bits per heavy atom. The molecule has 0 amide bonds. The molecule has 0 saturated carbocycles. The van der Waals surface area contributed by atoms with Gasteiger partial charge in [-0.15, -0.1) is 0 Å². The monoisotopic (exact) mass is 665 g/mol. The summed E-state index contributed by atoms with van der Waals surface area (Å²) in [5, 5.41) is 7.24. The van der Waals surface area contributed by atoms with Crippen LogP contribution in [0.4, 0.5) is 0 Å². The lowest BCUT2D eigenvalue weighted by Crippen LogP contribution is -2.00. The molecule has 0 unspecified atom stereocenters. The van der Waals surface area contributed by atoms with Gasteiger partial charge < -0.3 is 18.4 Å². The molecule has 0 spiro atoms. The molecule has 0 atom stereocenters. The SMILES string of the molecule is c1ccc(-n2c3ccccc3c3cc(Oc4cc(-n5c6ccccc6c6ccccc65)cc(-n5c6ccccc6c6ccccc65)c4)ccc32)cc1. The normalized spacial score (nSPS) is 11.8. The van der Waals surface area contributed by atoms with Crippen LogP contribution < -0.4 is 4.74 Å². The zero-order chi connectivity index (χ0) is 34.2. The van der Waals surface area contributed by atoms with Crippen molar-refractivity contribution in [1.82, 2.24) is 13.7 Å². The molecule has 8 aromatic carbocycles. The van der Waals surface area contributed by atoms with Crippen LogP contribution in [0.25, 0.3) is 82.5 Å². The van der Waals surface area contributed by atoms with E-state index in [0.717, 1.165) is 61.5 Å². The van der Waals surface area contributed by atoms with Crippen molar-refractivity contribution in [2.24, 2.45) is 0 Å². The first-order chi connectivity index (χ1) is 25.8. The fourth-order valence-corrected chi connectivity index (χ4v) is 8.29. The smallest absolute Gasteiger partial charge is 0.131 e. The molecule has 52 heavy (non-hydrogen) atoms. The molecule has 244 valence electrons. The van der Waals surface area contributed by atoms with Crippen LogP contribution >= 0.6 is 0 Å². The molecule has 0 fully saturated rings. The van der Waals surface area contributed by atoms with Gasteiger partial charge in [-0.1, -0.05) is 109 Å². The number of fused-ring (bicyclic) bond motifs is 9. The van der Waals surface area contributed by atoms with Crippen LogP contribution in [-0.4, -0.2) is 13.7 Å². The van der Waals surface area contributed by atoms with Gasteiger partial charge in [-0.05, 0) is 66.7 Å². The molecule has 0 aliphatic rings. The van der Waals surface area contributed by atoms with Gasteiger partial charge in [-0.2, -0.15) is 0 Å². The molecule has 11 aromatic rings. The largest absolute Gasteiger partial charge is 0.457 e. The van der Waals surface area contributed by atoms with Crippen molar-refractivity contribution in [3.8, 4) is 28.6 Å². The highest BCUT2D eigenvalue weighted by molar-refractivity contribution is 6.11. The van der Waals surface area contributed by atoms with E-state index in [0.29, 0.717) is 0 Å². The number of hydrogen-bond acceptors (Lipinski definition) is 1. The highest BCUT2D eigenvalue weighted by Crippen LogP contribution is 2.40. The predicted molar refractivity (Wildman–Crippen MR) is 216 cm³/mol. The van der Waals surface area contributed by atoms with E-state index in [1.54, 1.807) is 0 Å². The van der Waals surface area contributed by atoms with Gasteiger partial charge in [0.2, 0.25) is 0 Å². The van der Waals surface area contributed by atoms with E-state index in [9.17, 15) is 0 Å². The van der Waals surface area contributed by atoms with Gasteiger partial charge in [-0.3, -0.25) is 0 Å². The Morgan fingerprint density at radius 3 is 1.08 bits per heavy atom. The zero-order valence-corrected chi connectivity index (χ0v) is 28.1. The van der Waals surface area contributed by atoms with Gasteiger partial charge >= 0.3 is 0 Å². The van der Waals surface area contributed by atoms with E-state index in [4.69, 9.17) is 4.74 Å². The molecule has 11 rings (SSSR count). The third-order valence-electron chi connectivity index (χ3n) is 10.4. The molecule has 0 N–H and O–H groups in total. The zero-order valence-electron chi connectivity index (χ0n) is 28.1. The Morgan fingerprint density at radius 2 is 0.615 bits per heavy atom. The number of rotatable bonds is 5. The highest BCUT2D eigenvalue weighted by Gasteiger charge is 2.18. The third-order valence-corrected chi connectivity index (χ3v) is 10.4. The van der Waals surface area contributed by atoms with E-state index < -0.39 is 0 Å². The van der Waals surface area contributed by atoms with Gasteiger partial charge in [0, 0.05) is 50.1 Å². The molecule has 0 bridgehead atoms. The molecule has 0 aliphatic carbocycles. The van der Waals surface area contributed by atoms with Gasteiger partial charge in [0.15, 0.2) is 0 Å². The molecular formula is C48H31N3O. The van der Waals surface area contributed by atoms with Crippen molar-refractivity contribution >= 4 is 65.4 Å². The maximum atomic E-state index is 6.94. The van der Waals surface area contributed by atoms with Crippen LogP contribution in [-0.2, 0) is 0 Å². The number of benzene rings is 8. The Labute approximate surface area is 299 Å². The minimum atomic E-state index is 0.766. The molecule has 0 saturated heterocycles. The second-order valence-corrected chi connectivity index (χ2v) is 13.4. The molecule has 0 radical (unpaired) electrons. The second-order valence-electron chi connectivity index (χ2n) is 13.4. The van der Waals surface area contributed by atoms with Crippen LogP contribution in [0.3, 0.4) is 0 Å². The quantitative estimate of drug-likeness (QED) is 0.179. The van der Waals surface area contributed by atoms with Gasteiger partial charge in [-0.25, -0.2) is 0 Å². The maximum absolute atomic E-state index is 6.94. The Bertz CT molecular complexity index is 2920. The number of aromatic nitrogens is 3. The van der Waals surface area contributed by atoms with Crippen LogP contribution in [0.5, 0.6) is 11.5 Å². The lowest BCUT2D eigenvalue weighted by Gasteiger charge is -2.16. The predicted octanol–water partition coefficient (Wildman–Crippen LogP) is 12.8. The minimum Gasteiger partial charge on any atom is -0.457 e. The summed E-state index contributed by atoms with van der Waals surface area (Å²) >= 11 is 0. The lowest BCUT2D eigenvalue weighted by molar-refractivity contribution is 0.483. The fraction of sp³-hybridized carbons (Fsp3) is 0. The number of nitrogens with zero attached hydrogens (tertiary/aromatic N) is 3. The summed E-state index contributed by atoms with van der Waals surface area (Å²) < 4.78 is 14.0. The van der Waals surface area contributed by atoms with E-state index in [2.05, 4.69) is 202 Å². The van der Waals surface area contributed by atoms with Crippen molar-refractivity contribution in [3.05, 3.63) is 188 Å². The van der Waals surface area contributed by atoms with Gasteiger partial charge in [0.25, 0.3) is 0 Å². The molecular weight excluding hydrogens is 635 g/mol. The molecule has 0 aliphatic heterocycles. The Balaban J connectivity index is 1.15. The fourth-order valence-electron chi connectivity index (χ4n) is 8.29. The Hall–Kier alpha value is -7.04. The van der Waals surface area contributed by atoms with Crippen molar-refractivity contribution in [1.29, 1.82) is 0 Å². The maximum Gasteiger partial charge on any atom is 0.131 e. The van der Waals surface area contributed by atoms with Gasteiger partial charge in [0.05, 0.1) is 44.5 Å². The van der Waals surface area contributed by atoms with Crippen LogP contribution in [0, 0.1) is 0 Å². The van der Waals surface area contributed by atoms with Crippen LogP contribution in [0.15, 0.2) is 188 Å². The molecule has 4 nitrogen and oxygen atoms in total. The number of hydrogen-bond donors (Lipinski definition) is 0. The minimum absolute atomic E-state index is 0.766. The van der Waals surface area contributed by atoms with Crippen molar-refractivity contribution in [3.63, 3.8) is 0 Å². The van der Waals surface area contributed by atoms with Crippen LogP contribution in [0.1, 0.15) is 0 Å². The van der Waals surface area contributed by atoms with E-state index >= 15 is 0 Å². The summed E-state index contributed by atoms with van der Waals surface area (Å²) in [5.41, 5.74) is 10.1. The number of para-hydroxylation sites is 6. The second kappa shape index (κ2) is 11.2. The summed E-state index contributed by atoms with van der Waals surface area (Å²) in [6.45, 7) is 0. The van der Waals surface area contributed by atoms with Crippen LogP contribution in [0.2, 0.25) is 0 Å². The van der Waals surface area contributed by atoms with Gasteiger partial charge in [0.1, 0.15) is 11.5 Å². The van der Waals surface area contributed by atoms with E-state index in [1.165, 1.54) is 32.4 Å². The lowest BCUT2D eigenvalue weighted by atomic mass is 10.1. The summed E-state index contributed by atoms with van der Waals surface area (Å²) in [7, 11) is 0. The Kier molecular flexibility index (Phi) is 6.22. The first-order valence-electron chi connectivity index (χ1n) is 17.7. The van der Waals surface area contributed by atoms with Crippen molar-refractivity contribution < 1.29 is 4.74 Å². The highest BCUT2D eigenvalue weighted by atomic mass is 16.5. The first-order valence-corrected chi connectivity index (χ1v) is 17.7. The summed E-state index contributed by atoms with van der Waals surface area (Å²) in [6, 6.07) is 66.9. The van der Waals surface area contributed by atoms with E-state index in [-0.39, 0.29) is 0 Å². The molecule has 4 heteroatoms. The standard InChI is InChI=1S/C48H31N3O/c1-2-14-32(15-3-1)49-47-25-13-8-20-41(47)42-31-35(26-27-48(42)49)52-36-29-33(50-43-21-9-4-16-37(43)38-17-5-10-22-44(38)50)28-34(30-36)51-45-23-11-6-18-39(45)40-19-7-12-24-46(40)51/h1-31H. The topological polar surface area (TPSA) is 24.0 Å². The van der Waals surface area contributed by atoms with Crippen molar-refractivity contribution in [2.45, 2.75) is 0 Å².